The summed E-state index contributed by atoms with van der Waals surface area (Å²) in [7, 11) is 1.22. The second-order valence-electron chi connectivity index (χ2n) is 20.5. The van der Waals surface area contributed by atoms with Crippen LogP contribution in [0.25, 0.3) is 10.9 Å². The number of carbonyl (C=O) groups is 15. The van der Waals surface area contributed by atoms with Crippen LogP contribution in [-0.2, 0) is 78.3 Å². The molecule has 0 spiro atoms. The summed E-state index contributed by atoms with van der Waals surface area (Å²) in [5.74, 6) is -11.1. The van der Waals surface area contributed by atoms with Gasteiger partial charge in [0.2, 0.25) is 23.6 Å². The number of nitrogens with zero attached hydrogens (tertiary/aromatic N) is 1. The zero-order valence-electron chi connectivity index (χ0n) is 49.5. The van der Waals surface area contributed by atoms with E-state index in [-0.39, 0.29) is 50.4 Å². The summed E-state index contributed by atoms with van der Waals surface area (Å²) >= 11 is 0. The number of hydrogen-bond acceptors (Lipinski definition) is 21. The SMILES string of the molecule is CNC(=O)[C@H](NC(=O)[C@H](NC(=O)[C@@H](NC(=O)[C@H](C)NC(=O)[C@@H](NC(=O)[C@H](C)NC(=O)[C@@H](NC(=O)[C@H](C)NC(C)=O)N[C@@H](C=O)Cc1c[nH]c2ccccc12)N[C@@H](C)C=O)N[C@@H](C=O)CCC(=O)O)N[C@@H](C=O)CC(C)C)N[C@@H](C=O)CCCN=C(N)N. The fourth-order valence-corrected chi connectivity index (χ4v) is 8.10. The number of aliphatic carboxylic acids is 1. The number of carboxylic acids is 1. The van der Waals surface area contributed by atoms with Gasteiger partial charge in [-0.15, -0.1) is 0 Å². The molecule has 0 unspecified atom stereocenters. The van der Waals surface area contributed by atoms with Crippen molar-refractivity contribution in [2.45, 2.75) is 166 Å². The number of nitrogens with one attached hydrogen (secondary N) is 15. The number of aromatic amines is 1. The Morgan fingerprint density at radius 2 is 0.966 bits per heavy atom. The van der Waals surface area contributed by atoms with Crippen LogP contribution in [0.2, 0.25) is 0 Å². The van der Waals surface area contributed by atoms with Crippen molar-refractivity contribution in [3.05, 3.63) is 36.0 Å². The minimum atomic E-state index is -2.07. The monoisotopic (exact) mass is 1230 g/mol. The normalized spacial score (nSPS) is 15.6. The van der Waals surface area contributed by atoms with Crippen molar-refractivity contribution in [3.63, 3.8) is 0 Å². The highest BCUT2D eigenvalue weighted by Crippen LogP contribution is 2.19. The first-order chi connectivity index (χ1) is 41.1. The Morgan fingerprint density at radius 1 is 0.540 bits per heavy atom. The number of carboxylic acid groups (broad SMARTS) is 1. The highest BCUT2D eigenvalue weighted by Gasteiger charge is 2.36. The third-order valence-electron chi connectivity index (χ3n) is 12.6. The molecule has 1 aromatic carbocycles. The molecule has 2 rings (SSSR count). The number of benzene rings is 1. The maximum atomic E-state index is 14.3. The van der Waals surface area contributed by atoms with Crippen LogP contribution in [0.3, 0.4) is 0 Å². The number of likely N-dealkylation sites (N-methyl/N-ethyl adjacent to an activating group) is 1. The number of aldehydes is 5. The number of amides is 9. The van der Waals surface area contributed by atoms with Gasteiger partial charge in [0.1, 0.15) is 49.6 Å². The van der Waals surface area contributed by atoms with Gasteiger partial charge in [-0.25, -0.2) is 0 Å². The van der Waals surface area contributed by atoms with Crippen LogP contribution in [0.4, 0.5) is 0 Å². The van der Waals surface area contributed by atoms with Crippen molar-refractivity contribution < 1.29 is 77.0 Å². The zero-order valence-corrected chi connectivity index (χ0v) is 49.5. The molecule has 0 saturated carbocycles. The number of hydrogen-bond donors (Lipinski definition) is 18. The summed E-state index contributed by atoms with van der Waals surface area (Å²) in [4.78, 5) is 201. The van der Waals surface area contributed by atoms with E-state index < -0.39 is 151 Å². The lowest BCUT2D eigenvalue weighted by molar-refractivity contribution is -0.138. The third-order valence-corrected chi connectivity index (χ3v) is 12.6. The Morgan fingerprint density at radius 3 is 1.41 bits per heavy atom. The van der Waals surface area contributed by atoms with Crippen LogP contribution in [0.5, 0.6) is 0 Å². The van der Waals surface area contributed by atoms with Crippen molar-refractivity contribution in [2.24, 2.45) is 22.4 Å². The standard InChI is InChI=1S/C53H82N18O16/c1-26(2)18-35(24-75)65-44(52(87)70-40(48(83)56-8)63-33(22-73)12-11-17-57-53(54)55)71-51(86)43(64-34(23-74)15-16-39(78)79)69-47(82)30(6)61-49(84)41(59-27(3)21-72)67-46(81)29(5)62-50(85)42(68-45(80)28(4)60-31(7)77)66-36(25-76)19-32-20-58-38-14-10-9-13-37(32)38/h9-10,13-14,20-30,33-36,40-44,58-59,63-66H,11-12,15-19H2,1-8H3,(H,56,83)(H,60,77)(H,61,84)(H,62,85)(H,67,81)(H,68,80)(H,69,82)(H,70,87)(H,71,86)(H,78,79)(H4,54,55,57)/t27-,28-,29-,30-,33+,34+,35+,36+,40-,41+,42+,43+,44-/m0/s1. The van der Waals surface area contributed by atoms with E-state index in [4.69, 9.17) is 11.5 Å². The smallest absolute Gasteiger partial charge is 0.303 e. The average Bonchev–Trinajstić information content (AvgIpc) is 2.38. The molecule has 9 amide bonds. The first-order valence-corrected chi connectivity index (χ1v) is 27.6. The van der Waals surface area contributed by atoms with Gasteiger partial charge in [0.25, 0.3) is 29.5 Å². The number of para-hydroxylation sites is 1. The van der Waals surface area contributed by atoms with E-state index in [9.17, 15) is 77.0 Å². The lowest BCUT2D eigenvalue weighted by atomic mass is 10.0. The van der Waals surface area contributed by atoms with Gasteiger partial charge in [0.05, 0.1) is 30.2 Å². The number of rotatable bonds is 42. The van der Waals surface area contributed by atoms with E-state index in [1.54, 1.807) is 38.2 Å². The van der Waals surface area contributed by atoms with Crippen LogP contribution in [0.15, 0.2) is 35.5 Å². The number of aromatic nitrogens is 1. The Kier molecular flexibility index (Phi) is 32.3. The average molecular weight is 1230 g/mol. The van der Waals surface area contributed by atoms with Gasteiger partial charge < -0.3 is 93.4 Å². The van der Waals surface area contributed by atoms with Gasteiger partial charge in [0, 0.05) is 44.0 Å². The summed E-state index contributed by atoms with van der Waals surface area (Å²) in [5.41, 5.74) is 12.2. The van der Waals surface area contributed by atoms with E-state index in [0.29, 0.717) is 30.7 Å². The predicted octanol–water partition coefficient (Wildman–Crippen LogP) is -7.03. The fourth-order valence-electron chi connectivity index (χ4n) is 8.10. The van der Waals surface area contributed by atoms with Crippen LogP contribution in [0.1, 0.15) is 86.1 Å². The molecule has 0 saturated heterocycles. The highest BCUT2D eigenvalue weighted by atomic mass is 16.4. The molecule has 34 nitrogen and oxygen atoms in total. The lowest BCUT2D eigenvalue weighted by Crippen LogP contribution is -2.68. The minimum absolute atomic E-state index is 0.0181. The van der Waals surface area contributed by atoms with Crippen molar-refractivity contribution >= 4 is 107 Å². The molecule has 13 atom stereocenters. The third kappa shape index (κ3) is 26.8. The molecule has 480 valence electrons. The number of carbonyl (C=O) groups excluding carboxylic acids is 14. The van der Waals surface area contributed by atoms with Crippen molar-refractivity contribution in [3.8, 4) is 0 Å². The number of nitrogens with two attached hydrogens (primary N) is 2. The molecular weight excluding hydrogens is 1140 g/mol. The first kappa shape index (κ1) is 74.0. The van der Waals surface area contributed by atoms with Crippen LogP contribution >= 0.6 is 0 Å². The molecule has 0 bridgehead atoms. The van der Waals surface area contributed by atoms with Gasteiger partial charge in [-0.3, -0.25) is 79.5 Å². The first-order valence-electron chi connectivity index (χ1n) is 27.6. The van der Waals surface area contributed by atoms with Crippen molar-refractivity contribution in [2.75, 3.05) is 13.6 Å². The Hall–Kier alpha value is -9.12. The van der Waals surface area contributed by atoms with Gasteiger partial charge in [-0.05, 0) is 77.3 Å². The molecular formula is C53H82N18O16. The van der Waals surface area contributed by atoms with Gasteiger partial charge in [-0.2, -0.15) is 0 Å². The Labute approximate surface area is 500 Å². The molecule has 2 aromatic rings. The molecule has 0 fully saturated rings. The predicted molar refractivity (Wildman–Crippen MR) is 311 cm³/mol. The molecule has 0 radical (unpaired) electrons. The van der Waals surface area contributed by atoms with Gasteiger partial charge in [-0.1, -0.05) is 32.0 Å². The molecule has 34 heteroatoms. The summed E-state index contributed by atoms with van der Waals surface area (Å²) in [6, 6.07) is -3.23. The summed E-state index contributed by atoms with van der Waals surface area (Å²) in [6.07, 6.45) is -6.30. The number of fused-ring (bicyclic) bond motifs is 1. The summed E-state index contributed by atoms with van der Waals surface area (Å²) in [5, 5.41) is 44.2. The van der Waals surface area contributed by atoms with E-state index in [1.807, 2.05) is 6.07 Å². The maximum absolute atomic E-state index is 14.3. The van der Waals surface area contributed by atoms with Crippen molar-refractivity contribution in [1.29, 1.82) is 0 Å². The highest BCUT2D eigenvalue weighted by molar-refractivity contribution is 5.98. The number of H-pyrrole nitrogens is 1. The number of aliphatic imine (C=N–C) groups is 1. The number of guanidine groups is 1. The Balaban J connectivity index is 2.47. The maximum Gasteiger partial charge on any atom is 0.303 e. The van der Waals surface area contributed by atoms with E-state index in [0.717, 1.165) is 24.8 Å². The fraction of sp³-hybridized carbons (Fsp3) is 0.547. The van der Waals surface area contributed by atoms with E-state index >= 15 is 0 Å². The quantitative estimate of drug-likeness (QED) is 0.00965. The van der Waals surface area contributed by atoms with Gasteiger partial charge >= 0.3 is 5.97 Å². The van der Waals surface area contributed by atoms with Crippen LogP contribution < -0.4 is 85.9 Å². The van der Waals surface area contributed by atoms with Crippen LogP contribution in [-0.4, -0.2) is 199 Å². The van der Waals surface area contributed by atoms with E-state index in [2.05, 4.69) is 84.4 Å². The largest absolute Gasteiger partial charge is 0.481 e. The zero-order chi connectivity index (χ0) is 65.5. The second kappa shape index (κ2) is 38.0. The van der Waals surface area contributed by atoms with Crippen molar-refractivity contribution in [1.82, 2.24) is 79.4 Å². The van der Waals surface area contributed by atoms with E-state index in [1.165, 1.54) is 27.8 Å². The molecule has 1 aromatic heterocycles. The molecule has 1 heterocycles. The molecule has 87 heavy (non-hydrogen) atoms. The Bertz CT molecular complexity index is 2760. The molecule has 20 N–H and O–H groups in total. The lowest BCUT2D eigenvalue weighted by Gasteiger charge is -2.30. The summed E-state index contributed by atoms with van der Waals surface area (Å²) < 4.78 is 0. The molecule has 0 aliphatic rings. The molecule has 0 aliphatic heterocycles. The molecule has 0 aliphatic carbocycles. The minimum Gasteiger partial charge on any atom is -0.481 e. The van der Waals surface area contributed by atoms with Crippen LogP contribution in [0, 0.1) is 5.92 Å². The topological polar surface area (TPSA) is 525 Å². The second-order valence-corrected chi connectivity index (χ2v) is 20.5. The van der Waals surface area contributed by atoms with Gasteiger partial charge in [0.15, 0.2) is 36.8 Å². The summed E-state index contributed by atoms with van der Waals surface area (Å²) in [6.45, 7) is 9.66.